The van der Waals surface area contributed by atoms with Crippen molar-refractivity contribution in [1.82, 2.24) is 10.3 Å². The molecule has 2 heterocycles. The van der Waals surface area contributed by atoms with Crippen LogP contribution in [-0.2, 0) is 10.5 Å². The minimum Gasteiger partial charge on any atom is -0.444 e. The molecule has 116 valence electrons. The number of halogens is 1. The van der Waals surface area contributed by atoms with E-state index in [1.54, 1.807) is 30.2 Å². The monoisotopic (exact) mass is 320 g/mol. The van der Waals surface area contributed by atoms with E-state index in [-0.39, 0.29) is 17.0 Å². The van der Waals surface area contributed by atoms with Crippen LogP contribution in [0.1, 0.15) is 25.0 Å². The molecule has 1 saturated heterocycles. The fourth-order valence-corrected chi connectivity index (χ4v) is 3.46. The number of aromatic nitrogens is 1. The first-order chi connectivity index (χ1) is 10.7. The molecule has 1 aliphatic rings. The molecular formula is C16H17FN2O2S. The Balaban J connectivity index is 1.63. The van der Waals surface area contributed by atoms with Gasteiger partial charge in [-0.15, -0.1) is 11.8 Å². The zero-order valence-electron chi connectivity index (χ0n) is 12.0. The van der Waals surface area contributed by atoms with Crippen LogP contribution < -0.4 is 5.32 Å². The van der Waals surface area contributed by atoms with Crippen LogP contribution in [0.5, 0.6) is 0 Å². The van der Waals surface area contributed by atoms with Gasteiger partial charge in [0.1, 0.15) is 12.1 Å². The maximum atomic E-state index is 13.2. The molecular weight excluding hydrogens is 303 g/mol. The maximum absolute atomic E-state index is 13.2. The first kappa shape index (κ1) is 15.1. The summed E-state index contributed by atoms with van der Waals surface area (Å²) < 4.78 is 18.6. The van der Waals surface area contributed by atoms with Gasteiger partial charge in [-0.1, -0.05) is 12.5 Å². The van der Waals surface area contributed by atoms with Gasteiger partial charge in [0.2, 0.25) is 11.8 Å². The van der Waals surface area contributed by atoms with Crippen LogP contribution in [0.3, 0.4) is 0 Å². The van der Waals surface area contributed by atoms with E-state index in [0.717, 1.165) is 31.5 Å². The van der Waals surface area contributed by atoms with Gasteiger partial charge in [-0.2, -0.15) is 0 Å². The summed E-state index contributed by atoms with van der Waals surface area (Å²) in [6.07, 6.45) is 4.56. The Hall–Kier alpha value is -1.82. The second kappa shape index (κ2) is 6.96. The van der Waals surface area contributed by atoms with Crippen molar-refractivity contribution in [3.63, 3.8) is 0 Å². The average molecular weight is 320 g/mol. The van der Waals surface area contributed by atoms with E-state index in [1.807, 2.05) is 0 Å². The minimum atomic E-state index is -0.318. The largest absolute Gasteiger partial charge is 0.444 e. The van der Waals surface area contributed by atoms with Crippen molar-refractivity contribution in [2.24, 2.45) is 0 Å². The smallest absolute Gasteiger partial charge is 0.233 e. The van der Waals surface area contributed by atoms with E-state index < -0.39 is 0 Å². The number of amides is 1. The second-order valence-corrected chi connectivity index (χ2v) is 6.43. The molecule has 2 aromatic rings. The number of hydrogen-bond donors (Lipinski definition) is 1. The lowest BCUT2D eigenvalue weighted by atomic mass is 10.2. The normalized spacial score (nSPS) is 18.8. The summed E-state index contributed by atoms with van der Waals surface area (Å²) in [6, 6.07) is 6.15. The van der Waals surface area contributed by atoms with E-state index >= 15 is 0 Å². The number of oxazole rings is 1. The Bertz CT molecular complexity index is 659. The molecule has 0 aliphatic carbocycles. The highest BCUT2D eigenvalue weighted by Crippen LogP contribution is 2.26. The predicted molar refractivity (Wildman–Crippen MR) is 83.8 cm³/mol. The van der Waals surface area contributed by atoms with E-state index in [0.29, 0.717) is 17.2 Å². The first-order valence-electron chi connectivity index (χ1n) is 7.32. The number of rotatable bonds is 4. The number of benzene rings is 1. The Labute approximate surface area is 132 Å². The molecule has 22 heavy (non-hydrogen) atoms. The zero-order chi connectivity index (χ0) is 15.4. The average Bonchev–Trinajstić information content (AvgIpc) is 2.89. The molecule has 1 aromatic carbocycles. The van der Waals surface area contributed by atoms with Gasteiger partial charge in [-0.3, -0.25) is 4.79 Å². The summed E-state index contributed by atoms with van der Waals surface area (Å²) in [5.41, 5.74) is 1.38. The lowest BCUT2D eigenvalue weighted by Crippen LogP contribution is -2.30. The summed E-state index contributed by atoms with van der Waals surface area (Å²) in [5, 5.41) is 2.89. The van der Waals surface area contributed by atoms with Crippen LogP contribution in [0.4, 0.5) is 4.39 Å². The van der Waals surface area contributed by atoms with E-state index in [2.05, 4.69) is 10.3 Å². The molecule has 0 bridgehead atoms. The van der Waals surface area contributed by atoms with Crippen LogP contribution in [0.15, 0.2) is 34.9 Å². The highest BCUT2D eigenvalue weighted by molar-refractivity contribution is 7.99. The molecule has 1 N–H and O–H groups in total. The van der Waals surface area contributed by atoms with Gasteiger partial charge >= 0.3 is 0 Å². The molecule has 4 nitrogen and oxygen atoms in total. The molecule has 3 rings (SSSR count). The van der Waals surface area contributed by atoms with E-state index in [1.165, 1.54) is 12.1 Å². The van der Waals surface area contributed by atoms with Crippen molar-refractivity contribution in [1.29, 1.82) is 0 Å². The summed E-state index contributed by atoms with van der Waals surface area (Å²) in [6.45, 7) is 0.767. The van der Waals surface area contributed by atoms with Gasteiger partial charge < -0.3 is 9.73 Å². The van der Waals surface area contributed by atoms with Crippen molar-refractivity contribution >= 4 is 17.7 Å². The summed E-state index contributed by atoms with van der Waals surface area (Å²) >= 11 is 1.57. The third-order valence-corrected chi connectivity index (χ3v) is 4.86. The van der Waals surface area contributed by atoms with Crippen molar-refractivity contribution in [2.45, 2.75) is 30.3 Å². The summed E-state index contributed by atoms with van der Waals surface area (Å²) in [4.78, 5) is 16.3. The molecule has 1 aliphatic heterocycles. The molecule has 1 unspecified atom stereocenters. The Morgan fingerprint density at radius 3 is 3.18 bits per heavy atom. The lowest BCUT2D eigenvalue weighted by Gasteiger charge is -2.11. The molecule has 1 atom stereocenters. The van der Waals surface area contributed by atoms with Crippen LogP contribution >= 0.6 is 11.8 Å². The molecule has 1 fully saturated rings. The first-order valence-corrected chi connectivity index (χ1v) is 8.37. The summed E-state index contributed by atoms with van der Waals surface area (Å²) in [5.74, 6) is 0.801. The molecule has 1 amide bonds. The third-order valence-electron chi connectivity index (χ3n) is 3.54. The molecule has 0 radical (unpaired) electrons. The quantitative estimate of drug-likeness (QED) is 0.938. The fraction of sp³-hybridized carbons (Fsp3) is 0.375. The number of thioether (sulfide) groups is 1. The van der Waals surface area contributed by atoms with Gasteiger partial charge in [0, 0.05) is 17.9 Å². The Morgan fingerprint density at radius 1 is 1.41 bits per heavy atom. The van der Waals surface area contributed by atoms with Crippen LogP contribution in [-0.4, -0.2) is 22.7 Å². The van der Waals surface area contributed by atoms with Gasteiger partial charge in [-0.05, 0) is 31.0 Å². The van der Waals surface area contributed by atoms with Gasteiger partial charge in [0.15, 0.2) is 0 Å². The van der Waals surface area contributed by atoms with Gasteiger partial charge in [-0.25, -0.2) is 9.37 Å². The predicted octanol–water partition coefficient (Wildman–Crippen LogP) is 3.38. The standard InChI is InChI=1S/C16H17FN2O2S/c17-12-5-3-4-11(8-12)16-19-13(9-21-16)10-22-14-6-1-2-7-18-15(14)20/h3-5,8-9,14H,1-2,6-7,10H2,(H,18,20). The Kier molecular flexibility index (Phi) is 4.77. The zero-order valence-corrected chi connectivity index (χ0v) is 12.9. The molecule has 0 spiro atoms. The number of nitrogens with one attached hydrogen (secondary N) is 1. The number of carbonyl (C=O) groups is 1. The van der Waals surface area contributed by atoms with Crippen LogP contribution in [0.2, 0.25) is 0 Å². The maximum Gasteiger partial charge on any atom is 0.233 e. The van der Waals surface area contributed by atoms with Gasteiger partial charge in [0.05, 0.1) is 10.9 Å². The van der Waals surface area contributed by atoms with E-state index in [4.69, 9.17) is 4.42 Å². The van der Waals surface area contributed by atoms with Crippen LogP contribution in [0, 0.1) is 5.82 Å². The minimum absolute atomic E-state index is 0.0307. The fourth-order valence-electron chi connectivity index (χ4n) is 2.38. The third kappa shape index (κ3) is 3.68. The number of hydrogen-bond acceptors (Lipinski definition) is 4. The molecule has 6 heteroatoms. The van der Waals surface area contributed by atoms with Crippen molar-refractivity contribution in [2.75, 3.05) is 6.54 Å². The van der Waals surface area contributed by atoms with Crippen LogP contribution in [0.25, 0.3) is 11.5 Å². The van der Waals surface area contributed by atoms with Crippen molar-refractivity contribution in [3.8, 4) is 11.5 Å². The SMILES string of the molecule is O=C1NCCCCC1SCc1coc(-c2cccc(F)c2)n1. The topological polar surface area (TPSA) is 55.1 Å². The van der Waals surface area contributed by atoms with Crippen molar-refractivity contribution < 1.29 is 13.6 Å². The highest BCUT2D eigenvalue weighted by Gasteiger charge is 2.21. The number of nitrogens with zero attached hydrogens (tertiary/aromatic N) is 1. The van der Waals surface area contributed by atoms with Gasteiger partial charge in [0.25, 0.3) is 0 Å². The Morgan fingerprint density at radius 2 is 2.32 bits per heavy atom. The van der Waals surface area contributed by atoms with E-state index in [9.17, 15) is 9.18 Å². The lowest BCUT2D eigenvalue weighted by molar-refractivity contribution is -0.120. The second-order valence-electron chi connectivity index (χ2n) is 5.24. The number of carbonyl (C=O) groups excluding carboxylic acids is 1. The molecule has 1 aromatic heterocycles. The van der Waals surface area contributed by atoms with Crippen molar-refractivity contribution in [3.05, 3.63) is 42.0 Å². The summed E-state index contributed by atoms with van der Waals surface area (Å²) in [7, 11) is 0. The highest BCUT2D eigenvalue weighted by atomic mass is 32.2. The molecule has 0 saturated carbocycles.